The van der Waals surface area contributed by atoms with E-state index in [2.05, 4.69) is 86.3 Å². The minimum absolute atomic E-state index is 1.02. The first-order valence-corrected chi connectivity index (χ1v) is 8.18. The first-order valence-electron chi connectivity index (χ1n) is 8.18. The van der Waals surface area contributed by atoms with Crippen LogP contribution in [0.4, 0.5) is 17.1 Å². The molecule has 0 aromatic heterocycles. The summed E-state index contributed by atoms with van der Waals surface area (Å²) in [6, 6.07) is 22.2. The third-order valence-electron chi connectivity index (χ3n) is 4.76. The van der Waals surface area contributed by atoms with Crippen molar-refractivity contribution in [2.24, 2.45) is 0 Å². The van der Waals surface area contributed by atoms with Gasteiger partial charge in [0.05, 0.1) is 0 Å². The summed E-state index contributed by atoms with van der Waals surface area (Å²) in [7, 11) is 0. The van der Waals surface area contributed by atoms with Crippen LogP contribution >= 0.6 is 0 Å². The summed E-state index contributed by atoms with van der Waals surface area (Å²) in [4.78, 5) is 2.40. The molecule has 0 saturated carbocycles. The van der Waals surface area contributed by atoms with E-state index in [1.54, 1.807) is 0 Å². The largest absolute Gasteiger partial charge is 0.310 e. The van der Waals surface area contributed by atoms with Gasteiger partial charge in [-0.15, -0.1) is 0 Å². The molecule has 3 aromatic rings. The van der Waals surface area contributed by atoms with Crippen LogP contribution in [0.3, 0.4) is 0 Å². The quantitative estimate of drug-likeness (QED) is 0.417. The fraction of sp³-hybridized carbons (Fsp3) is 0.182. The number of benzene rings is 3. The summed E-state index contributed by atoms with van der Waals surface area (Å²) < 4.78 is 0. The van der Waals surface area contributed by atoms with Gasteiger partial charge in [0.1, 0.15) is 0 Å². The van der Waals surface area contributed by atoms with Gasteiger partial charge in [0.15, 0.2) is 0 Å². The monoisotopic (exact) mass is 299 g/mol. The average molecular weight is 299 g/mol. The molecule has 0 spiro atoms. The first-order chi connectivity index (χ1) is 11.1. The number of rotatable bonds is 1. The van der Waals surface area contributed by atoms with Crippen molar-refractivity contribution in [2.45, 2.75) is 27.2 Å². The Morgan fingerprint density at radius 2 is 1.48 bits per heavy atom. The Balaban J connectivity index is 1.97. The number of anilines is 3. The molecular formula is C22H21N. The smallest absolute Gasteiger partial charge is 0.0499 e. The summed E-state index contributed by atoms with van der Waals surface area (Å²) in [5.41, 5.74) is 10.7. The maximum atomic E-state index is 2.40. The molecule has 0 unspecified atom stereocenters. The number of hydrogen-bond donors (Lipinski definition) is 0. The highest BCUT2D eigenvalue weighted by Gasteiger charge is 2.24. The van der Waals surface area contributed by atoms with Crippen LogP contribution in [0, 0.1) is 20.8 Å². The predicted molar refractivity (Wildman–Crippen MR) is 98.1 cm³/mol. The average Bonchev–Trinajstić information content (AvgIpc) is 2.54. The van der Waals surface area contributed by atoms with Gasteiger partial charge in [0.2, 0.25) is 0 Å². The summed E-state index contributed by atoms with van der Waals surface area (Å²) >= 11 is 0. The van der Waals surface area contributed by atoms with Crippen molar-refractivity contribution in [3.8, 4) is 0 Å². The standard InChI is InChI=1S/C22H21N/c1-15-7-10-19(11-8-15)23-21-12-9-16(2)13-18(21)14-20-17(3)5-4-6-22(20)23/h4-13H,14H2,1-3H3. The zero-order chi connectivity index (χ0) is 16.0. The molecule has 1 nitrogen and oxygen atoms in total. The number of nitrogens with zero attached hydrogens (tertiary/aromatic N) is 1. The van der Waals surface area contributed by atoms with Crippen molar-refractivity contribution in [1.29, 1.82) is 0 Å². The summed E-state index contributed by atoms with van der Waals surface area (Å²) in [5, 5.41) is 0. The predicted octanol–water partition coefficient (Wildman–Crippen LogP) is 5.99. The van der Waals surface area contributed by atoms with Gasteiger partial charge in [-0.25, -0.2) is 0 Å². The molecule has 0 bridgehead atoms. The number of aryl methyl sites for hydroxylation is 3. The summed E-state index contributed by atoms with van der Waals surface area (Å²) in [6.45, 7) is 6.52. The Bertz CT molecular complexity index is 875. The fourth-order valence-electron chi connectivity index (χ4n) is 3.49. The van der Waals surface area contributed by atoms with Gasteiger partial charge in [-0.3, -0.25) is 0 Å². The molecule has 0 amide bonds. The minimum atomic E-state index is 1.02. The van der Waals surface area contributed by atoms with E-state index < -0.39 is 0 Å². The van der Waals surface area contributed by atoms with E-state index in [9.17, 15) is 0 Å². The summed E-state index contributed by atoms with van der Waals surface area (Å²) in [5.74, 6) is 0. The second kappa shape index (κ2) is 5.27. The third-order valence-corrected chi connectivity index (χ3v) is 4.76. The lowest BCUT2D eigenvalue weighted by Gasteiger charge is -2.34. The molecule has 1 aliphatic heterocycles. The molecule has 0 atom stereocenters. The molecule has 0 radical (unpaired) electrons. The maximum absolute atomic E-state index is 2.40. The second-order valence-corrected chi connectivity index (χ2v) is 6.55. The SMILES string of the molecule is Cc1ccc(N2c3ccc(C)cc3Cc3c(C)cccc32)cc1. The Morgan fingerprint density at radius 1 is 0.739 bits per heavy atom. The van der Waals surface area contributed by atoms with Crippen molar-refractivity contribution >= 4 is 17.1 Å². The van der Waals surface area contributed by atoms with Crippen LogP contribution in [0.1, 0.15) is 27.8 Å². The van der Waals surface area contributed by atoms with E-state index >= 15 is 0 Å². The highest BCUT2D eigenvalue weighted by atomic mass is 15.2. The van der Waals surface area contributed by atoms with Gasteiger partial charge in [-0.1, -0.05) is 47.5 Å². The molecule has 0 fully saturated rings. The van der Waals surface area contributed by atoms with Crippen LogP contribution in [0.2, 0.25) is 0 Å². The van der Waals surface area contributed by atoms with Crippen LogP contribution in [-0.2, 0) is 6.42 Å². The molecule has 1 heterocycles. The lowest BCUT2D eigenvalue weighted by molar-refractivity contribution is 1.06. The minimum Gasteiger partial charge on any atom is -0.310 e. The molecular weight excluding hydrogens is 278 g/mol. The Labute approximate surface area is 138 Å². The lowest BCUT2D eigenvalue weighted by Crippen LogP contribution is -2.19. The Hall–Kier alpha value is -2.54. The number of fused-ring (bicyclic) bond motifs is 2. The molecule has 0 N–H and O–H groups in total. The van der Waals surface area contributed by atoms with Crippen LogP contribution in [0.15, 0.2) is 60.7 Å². The van der Waals surface area contributed by atoms with E-state index in [1.165, 1.54) is 44.9 Å². The Morgan fingerprint density at radius 3 is 2.26 bits per heavy atom. The van der Waals surface area contributed by atoms with E-state index in [-0.39, 0.29) is 0 Å². The molecule has 4 rings (SSSR count). The maximum Gasteiger partial charge on any atom is 0.0499 e. The fourth-order valence-corrected chi connectivity index (χ4v) is 3.49. The first kappa shape index (κ1) is 14.1. The van der Waals surface area contributed by atoms with E-state index in [4.69, 9.17) is 0 Å². The lowest BCUT2D eigenvalue weighted by atomic mass is 9.91. The van der Waals surface area contributed by atoms with Crippen molar-refractivity contribution in [3.05, 3.63) is 88.5 Å². The van der Waals surface area contributed by atoms with E-state index in [1.807, 2.05) is 0 Å². The van der Waals surface area contributed by atoms with Crippen LogP contribution in [0.25, 0.3) is 0 Å². The topological polar surface area (TPSA) is 3.24 Å². The molecule has 0 saturated heterocycles. The highest BCUT2D eigenvalue weighted by Crippen LogP contribution is 2.44. The van der Waals surface area contributed by atoms with E-state index in [0.29, 0.717) is 0 Å². The second-order valence-electron chi connectivity index (χ2n) is 6.55. The zero-order valence-electron chi connectivity index (χ0n) is 13.9. The Kier molecular flexibility index (Phi) is 3.23. The zero-order valence-corrected chi connectivity index (χ0v) is 13.9. The molecule has 3 aromatic carbocycles. The normalized spacial score (nSPS) is 12.7. The van der Waals surface area contributed by atoms with Gasteiger partial charge in [-0.2, -0.15) is 0 Å². The molecule has 1 heteroatoms. The van der Waals surface area contributed by atoms with E-state index in [0.717, 1.165) is 6.42 Å². The molecule has 114 valence electrons. The van der Waals surface area contributed by atoms with Crippen LogP contribution in [-0.4, -0.2) is 0 Å². The van der Waals surface area contributed by atoms with Crippen LogP contribution < -0.4 is 4.90 Å². The van der Waals surface area contributed by atoms with Gasteiger partial charge in [0.25, 0.3) is 0 Å². The molecule has 0 aliphatic carbocycles. The van der Waals surface area contributed by atoms with Gasteiger partial charge in [0, 0.05) is 23.5 Å². The molecule has 1 aliphatic rings. The number of hydrogen-bond acceptors (Lipinski definition) is 1. The van der Waals surface area contributed by atoms with Crippen molar-refractivity contribution < 1.29 is 0 Å². The highest BCUT2D eigenvalue weighted by molar-refractivity contribution is 5.84. The molecule has 23 heavy (non-hydrogen) atoms. The van der Waals surface area contributed by atoms with Gasteiger partial charge < -0.3 is 4.90 Å². The van der Waals surface area contributed by atoms with Crippen molar-refractivity contribution in [1.82, 2.24) is 0 Å². The van der Waals surface area contributed by atoms with Crippen molar-refractivity contribution in [2.75, 3.05) is 4.90 Å². The van der Waals surface area contributed by atoms with Gasteiger partial charge in [-0.05, 0) is 61.7 Å². The summed E-state index contributed by atoms with van der Waals surface area (Å²) in [6.07, 6.45) is 1.02. The van der Waals surface area contributed by atoms with Gasteiger partial charge >= 0.3 is 0 Å². The third kappa shape index (κ3) is 2.33. The van der Waals surface area contributed by atoms with Crippen LogP contribution in [0.5, 0.6) is 0 Å². The van der Waals surface area contributed by atoms with Crippen molar-refractivity contribution in [3.63, 3.8) is 0 Å².